The third-order valence-electron chi connectivity index (χ3n) is 6.92. The number of fused-ring (bicyclic) bond motifs is 1. The summed E-state index contributed by atoms with van der Waals surface area (Å²) >= 11 is 0. The van der Waals surface area contributed by atoms with Gasteiger partial charge in [-0.3, -0.25) is 0 Å². The van der Waals surface area contributed by atoms with Crippen LogP contribution in [0, 0.1) is 17.8 Å². The Morgan fingerprint density at radius 3 is 2.65 bits per heavy atom. The molecule has 2 saturated carbocycles. The monoisotopic (exact) mass is 418 g/mol. The number of nitrogens with zero attached hydrogens (tertiary/aromatic N) is 8. The average Bonchev–Trinajstić information content (AvgIpc) is 3.36. The second-order valence-electron chi connectivity index (χ2n) is 9.07. The maximum absolute atomic E-state index is 6.48. The van der Waals surface area contributed by atoms with Crippen LogP contribution >= 0.6 is 0 Å². The normalized spacial score (nSPS) is 27.9. The third kappa shape index (κ3) is 3.89. The number of hydrogen-bond acceptors (Lipinski definition) is 8. The van der Waals surface area contributed by atoms with Gasteiger partial charge in [-0.05, 0) is 55.6 Å². The van der Waals surface area contributed by atoms with E-state index in [1.807, 2.05) is 16.9 Å². The zero-order valence-electron chi connectivity index (χ0n) is 17.4. The molecule has 31 heavy (non-hydrogen) atoms. The average molecular weight is 419 g/mol. The molecule has 160 valence electrons. The molecule has 3 aromatic heterocycles. The fourth-order valence-corrected chi connectivity index (χ4v) is 5.04. The van der Waals surface area contributed by atoms with Crippen molar-refractivity contribution in [2.45, 2.75) is 37.8 Å². The minimum atomic E-state index is 0.158. The van der Waals surface area contributed by atoms with Gasteiger partial charge in [0.15, 0.2) is 5.82 Å². The van der Waals surface area contributed by atoms with Gasteiger partial charge in [-0.2, -0.15) is 5.10 Å². The number of ether oxygens (including phenoxy) is 1. The van der Waals surface area contributed by atoms with Crippen molar-refractivity contribution in [3.05, 3.63) is 43.2 Å². The fraction of sp³-hybridized carbons (Fsp3) is 0.545. The van der Waals surface area contributed by atoms with Gasteiger partial charge in [-0.1, -0.05) is 5.21 Å². The van der Waals surface area contributed by atoms with E-state index in [0.717, 1.165) is 55.5 Å². The SMILES string of the molecule is c1cnnc(N2C[C@H]3C[C@@H](n4cc(-c5cncnc5)nn4)[C@H](OCC4CC4)C[C@H]3C2)c1. The molecule has 4 heterocycles. The number of aromatic nitrogens is 7. The van der Waals surface area contributed by atoms with Crippen molar-refractivity contribution in [3.63, 3.8) is 0 Å². The van der Waals surface area contributed by atoms with Crippen LogP contribution in [0.25, 0.3) is 11.3 Å². The molecule has 3 fully saturated rings. The number of rotatable bonds is 6. The van der Waals surface area contributed by atoms with Crippen molar-refractivity contribution >= 4 is 5.82 Å². The molecule has 4 atom stereocenters. The van der Waals surface area contributed by atoms with Crippen molar-refractivity contribution in [1.82, 2.24) is 35.2 Å². The molecule has 1 aliphatic heterocycles. The molecular formula is C22H26N8O. The largest absolute Gasteiger partial charge is 0.376 e. The quantitative estimate of drug-likeness (QED) is 0.602. The first-order valence-electron chi connectivity index (χ1n) is 11.1. The molecule has 0 spiro atoms. The van der Waals surface area contributed by atoms with E-state index in [9.17, 15) is 0 Å². The summed E-state index contributed by atoms with van der Waals surface area (Å²) in [5.41, 5.74) is 1.68. The van der Waals surface area contributed by atoms with Crippen molar-refractivity contribution in [3.8, 4) is 11.3 Å². The third-order valence-corrected chi connectivity index (χ3v) is 6.92. The molecule has 1 saturated heterocycles. The second-order valence-corrected chi connectivity index (χ2v) is 9.07. The summed E-state index contributed by atoms with van der Waals surface area (Å²) in [6.07, 6.45) is 13.6. The van der Waals surface area contributed by atoms with Crippen LogP contribution in [-0.2, 0) is 4.74 Å². The van der Waals surface area contributed by atoms with Gasteiger partial charge in [0.2, 0.25) is 0 Å². The highest BCUT2D eigenvalue weighted by molar-refractivity contribution is 5.54. The lowest BCUT2D eigenvalue weighted by molar-refractivity contribution is -0.0375. The Kier molecular flexibility index (Phi) is 4.82. The fourth-order valence-electron chi connectivity index (χ4n) is 5.04. The maximum atomic E-state index is 6.48. The second kappa shape index (κ2) is 7.96. The predicted molar refractivity (Wildman–Crippen MR) is 113 cm³/mol. The molecule has 6 rings (SSSR count). The van der Waals surface area contributed by atoms with Crippen LogP contribution in [0.4, 0.5) is 5.82 Å². The van der Waals surface area contributed by atoms with E-state index in [0.29, 0.717) is 11.8 Å². The molecule has 0 unspecified atom stereocenters. The highest BCUT2D eigenvalue weighted by Crippen LogP contribution is 2.44. The number of hydrogen-bond donors (Lipinski definition) is 0. The van der Waals surface area contributed by atoms with Gasteiger partial charge in [0.05, 0.1) is 18.3 Å². The molecule has 3 aliphatic rings. The Labute approximate surface area is 180 Å². The summed E-state index contributed by atoms with van der Waals surface area (Å²) in [6.45, 7) is 2.88. The zero-order valence-corrected chi connectivity index (χ0v) is 17.4. The molecule has 0 N–H and O–H groups in total. The lowest BCUT2D eigenvalue weighted by Crippen LogP contribution is -2.38. The Morgan fingerprint density at radius 2 is 1.87 bits per heavy atom. The molecular weight excluding hydrogens is 392 g/mol. The van der Waals surface area contributed by atoms with E-state index in [-0.39, 0.29) is 12.1 Å². The highest BCUT2D eigenvalue weighted by Gasteiger charge is 2.44. The summed E-state index contributed by atoms with van der Waals surface area (Å²) < 4.78 is 8.49. The summed E-state index contributed by atoms with van der Waals surface area (Å²) in [6, 6.07) is 4.20. The Balaban J connectivity index is 1.23. The Hall–Kier alpha value is -2.94. The van der Waals surface area contributed by atoms with Crippen molar-refractivity contribution < 1.29 is 4.74 Å². The van der Waals surface area contributed by atoms with E-state index in [1.165, 1.54) is 19.2 Å². The van der Waals surface area contributed by atoms with E-state index in [4.69, 9.17) is 4.74 Å². The standard InChI is InChI=1S/C22H26N8O/c1-2-22(27-25-5-1)29-10-16-6-20(21(7-17(16)11-29)31-13-15-3-4-15)30-12-19(26-28-30)18-8-23-14-24-9-18/h1-2,5,8-9,12,14-17,20-21H,3-4,6-7,10-11,13H2/t16-,17+,20-,21-/m1/s1. The first-order valence-corrected chi connectivity index (χ1v) is 11.1. The predicted octanol–water partition coefficient (Wildman–Crippen LogP) is 2.41. The van der Waals surface area contributed by atoms with Crippen LogP contribution in [0.3, 0.4) is 0 Å². The minimum Gasteiger partial charge on any atom is -0.376 e. The van der Waals surface area contributed by atoms with E-state index in [2.05, 4.69) is 41.4 Å². The summed E-state index contributed by atoms with van der Waals surface area (Å²) in [5, 5.41) is 17.3. The highest BCUT2D eigenvalue weighted by atomic mass is 16.5. The molecule has 0 bridgehead atoms. The Morgan fingerprint density at radius 1 is 1.03 bits per heavy atom. The van der Waals surface area contributed by atoms with Gasteiger partial charge in [0, 0.05) is 43.9 Å². The first kappa shape index (κ1) is 18.8. The summed E-state index contributed by atoms with van der Waals surface area (Å²) in [5.74, 6) is 2.90. The van der Waals surface area contributed by atoms with E-state index in [1.54, 1.807) is 18.6 Å². The molecule has 0 amide bonds. The van der Waals surface area contributed by atoms with E-state index >= 15 is 0 Å². The van der Waals surface area contributed by atoms with E-state index < -0.39 is 0 Å². The van der Waals surface area contributed by atoms with Gasteiger partial charge in [-0.25, -0.2) is 14.6 Å². The topological polar surface area (TPSA) is 94.7 Å². The lowest BCUT2D eigenvalue weighted by Gasteiger charge is -2.37. The first-order chi connectivity index (χ1) is 15.3. The van der Waals surface area contributed by atoms with Crippen LogP contribution in [0.2, 0.25) is 0 Å². The molecule has 0 radical (unpaired) electrons. The van der Waals surface area contributed by atoms with Gasteiger partial charge in [0.1, 0.15) is 12.0 Å². The summed E-state index contributed by atoms with van der Waals surface area (Å²) in [7, 11) is 0. The van der Waals surface area contributed by atoms with Gasteiger partial charge < -0.3 is 9.64 Å². The molecule has 9 heteroatoms. The van der Waals surface area contributed by atoms with Gasteiger partial charge in [-0.15, -0.1) is 10.2 Å². The van der Waals surface area contributed by atoms with Gasteiger partial charge in [0.25, 0.3) is 0 Å². The molecule has 9 nitrogen and oxygen atoms in total. The molecule has 3 aromatic rings. The van der Waals surface area contributed by atoms with Gasteiger partial charge >= 0.3 is 0 Å². The van der Waals surface area contributed by atoms with Crippen LogP contribution in [0.1, 0.15) is 31.7 Å². The molecule has 2 aliphatic carbocycles. The summed E-state index contributed by atoms with van der Waals surface area (Å²) in [4.78, 5) is 10.6. The smallest absolute Gasteiger partial charge is 0.151 e. The van der Waals surface area contributed by atoms with Crippen LogP contribution in [0.15, 0.2) is 43.2 Å². The van der Waals surface area contributed by atoms with Crippen molar-refractivity contribution in [1.29, 1.82) is 0 Å². The van der Waals surface area contributed by atoms with Crippen molar-refractivity contribution in [2.75, 3.05) is 24.6 Å². The number of anilines is 1. The van der Waals surface area contributed by atoms with Crippen LogP contribution in [0.5, 0.6) is 0 Å². The van der Waals surface area contributed by atoms with Crippen LogP contribution in [-0.4, -0.2) is 61.0 Å². The maximum Gasteiger partial charge on any atom is 0.151 e. The minimum absolute atomic E-state index is 0.158. The van der Waals surface area contributed by atoms with Crippen molar-refractivity contribution in [2.24, 2.45) is 17.8 Å². The Bertz CT molecular complexity index is 1010. The molecule has 0 aromatic carbocycles. The lowest BCUT2D eigenvalue weighted by atomic mass is 9.77. The van der Waals surface area contributed by atoms with Crippen LogP contribution < -0.4 is 4.90 Å². The zero-order chi connectivity index (χ0) is 20.6.